The molecule has 1 saturated carbocycles. The first-order valence-corrected chi connectivity index (χ1v) is 8.24. The highest BCUT2D eigenvalue weighted by Gasteiger charge is 2.26. The van der Waals surface area contributed by atoms with E-state index in [0.717, 1.165) is 18.6 Å². The molecule has 1 saturated heterocycles. The van der Waals surface area contributed by atoms with Gasteiger partial charge < -0.3 is 10.1 Å². The van der Waals surface area contributed by atoms with E-state index >= 15 is 0 Å². The molecule has 0 aromatic heterocycles. The Morgan fingerprint density at radius 2 is 1.70 bits per heavy atom. The Balaban J connectivity index is 1.46. The minimum Gasteiger partial charge on any atom is -0.378 e. The molecule has 2 atom stereocenters. The number of ether oxygens (including phenoxy) is 1. The van der Waals surface area contributed by atoms with Crippen LogP contribution >= 0.6 is 0 Å². The molecule has 0 radical (unpaired) electrons. The van der Waals surface area contributed by atoms with Crippen molar-refractivity contribution in [3.8, 4) is 0 Å². The van der Waals surface area contributed by atoms with E-state index in [2.05, 4.69) is 42.6 Å². The second-order valence-electron chi connectivity index (χ2n) is 6.53. The van der Waals surface area contributed by atoms with Gasteiger partial charge >= 0.3 is 0 Å². The first-order valence-electron chi connectivity index (χ1n) is 8.24. The summed E-state index contributed by atoms with van der Waals surface area (Å²) in [6.45, 7) is 3.12. The number of benzene rings is 1. The van der Waals surface area contributed by atoms with Gasteiger partial charge in [-0.25, -0.2) is 0 Å². The summed E-state index contributed by atoms with van der Waals surface area (Å²) < 4.78 is 5.63. The fourth-order valence-corrected chi connectivity index (χ4v) is 3.80. The lowest BCUT2D eigenvalue weighted by molar-refractivity contribution is 0.0102. The minimum absolute atomic E-state index is 0.432. The van der Waals surface area contributed by atoms with Gasteiger partial charge in [0.25, 0.3) is 0 Å². The molecule has 2 nitrogen and oxygen atoms in total. The van der Waals surface area contributed by atoms with Crippen molar-refractivity contribution in [3.05, 3.63) is 35.9 Å². The summed E-state index contributed by atoms with van der Waals surface area (Å²) >= 11 is 0. The van der Waals surface area contributed by atoms with Crippen LogP contribution in [0.15, 0.2) is 30.3 Å². The predicted octanol–water partition coefficient (Wildman–Crippen LogP) is 3.87. The van der Waals surface area contributed by atoms with E-state index in [1.54, 1.807) is 0 Å². The molecule has 1 aliphatic heterocycles. The van der Waals surface area contributed by atoms with Crippen molar-refractivity contribution in [3.63, 3.8) is 0 Å². The van der Waals surface area contributed by atoms with Crippen LogP contribution in [0.3, 0.4) is 0 Å². The third kappa shape index (κ3) is 3.62. The van der Waals surface area contributed by atoms with Crippen LogP contribution < -0.4 is 5.32 Å². The molecule has 0 bridgehead atoms. The summed E-state index contributed by atoms with van der Waals surface area (Å²) in [7, 11) is 0. The van der Waals surface area contributed by atoms with E-state index in [9.17, 15) is 0 Å². The fraction of sp³-hybridized carbons (Fsp3) is 0.667. The van der Waals surface area contributed by atoms with Crippen molar-refractivity contribution < 1.29 is 4.74 Å². The van der Waals surface area contributed by atoms with Crippen molar-refractivity contribution in [1.29, 1.82) is 0 Å². The summed E-state index contributed by atoms with van der Waals surface area (Å²) in [6.07, 6.45) is 8.11. The molecule has 0 amide bonds. The fourth-order valence-electron chi connectivity index (χ4n) is 3.80. The highest BCUT2D eigenvalue weighted by molar-refractivity contribution is 5.20. The second-order valence-corrected chi connectivity index (χ2v) is 6.53. The van der Waals surface area contributed by atoms with Crippen LogP contribution in [0.5, 0.6) is 0 Å². The Morgan fingerprint density at radius 3 is 2.40 bits per heavy atom. The Morgan fingerprint density at radius 1 is 0.950 bits per heavy atom. The third-order valence-electron chi connectivity index (χ3n) is 4.95. The van der Waals surface area contributed by atoms with Crippen molar-refractivity contribution in [2.45, 2.75) is 69.6 Å². The molecule has 1 aromatic carbocycles. The van der Waals surface area contributed by atoms with Crippen LogP contribution in [0.4, 0.5) is 0 Å². The molecule has 2 aliphatic rings. The molecule has 1 aliphatic carbocycles. The quantitative estimate of drug-likeness (QED) is 0.902. The highest BCUT2D eigenvalue weighted by Crippen LogP contribution is 2.33. The summed E-state index contributed by atoms with van der Waals surface area (Å²) in [5.74, 6) is 0.780. The van der Waals surface area contributed by atoms with Crippen molar-refractivity contribution in [2.75, 3.05) is 6.61 Å². The highest BCUT2D eigenvalue weighted by atomic mass is 16.5. The zero-order valence-corrected chi connectivity index (χ0v) is 12.6. The van der Waals surface area contributed by atoms with Crippen LogP contribution in [0.1, 0.15) is 56.9 Å². The summed E-state index contributed by atoms with van der Waals surface area (Å²) in [4.78, 5) is 0. The monoisotopic (exact) mass is 273 g/mol. The molecule has 20 heavy (non-hydrogen) atoms. The molecule has 2 heteroatoms. The van der Waals surface area contributed by atoms with Gasteiger partial charge in [-0.2, -0.15) is 0 Å². The molecule has 2 unspecified atom stereocenters. The Kier molecular flexibility index (Phi) is 4.74. The average Bonchev–Trinajstić information content (AvgIpc) is 2.49. The molecular weight excluding hydrogens is 246 g/mol. The van der Waals surface area contributed by atoms with E-state index in [-0.39, 0.29) is 0 Å². The Bertz CT molecular complexity index is 397. The second kappa shape index (κ2) is 6.73. The lowest BCUT2D eigenvalue weighted by Gasteiger charge is -2.35. The first kappa shape index (κ1) is 14.1. The normalized spacial score (nSPS) is 34.9. The maximum atomic E-state index is 5.63. The lowest BCUT2D eigenvalue weighted by Crippen LogP contribution is -2.44. The Hall–Kier alpha value is -0.860. The molecule has 2 fully saturated rings. The summed E-state index contributed by atoms with van der Waals surface area (Å²) in [6, 6.07) is 12.4. The first-order chi connectivity index (χ1) is 9.81. The molecule has 1 heterocycles. The van der Waals surface area contributed by atoms with Crippen LogP contribution in [-0.2, 0) is 4.74 Å². The van der Waals surface area contributed by atoms with E-state index in [0.29, 0.717) is 12.1 Å². The van der Waals surface area contributed by atoms with E-state index < -0.39 is 0 Å². The van der Waals surface area contributed by atoms with Crippen LogP contribution in [-0.4, -0.2) is 24.8 Å². The molecule has 110 valence electrons. The smallest absolute Gasteiger partial charge is 0.0561 e. The number of nitrogens with one attached hydrogen (secondary N) is 1. The van der Waals surface area contributed by atoms with E-state index in [1.165, 1.54) is 44.1 Å². The van der Waals surface area contributed by atoms with Gasteiger partial charge in [-0.1, -0.05) is 30.3 Å². The van der Waals surface area contributed by atoms with Gasteiger partial charge in [0.05, 0.1) is 6.10 Å². The lowest BCUT2D eigenvalue weighted by atomic mass is 9.81. The molecular formula is C18H27NO. The topological polar surface area (TPSA) is 21.3 Å². The van der Waals surface area contributed by atoms with Crippen LogP contribution in [0.2, 0.25) is 0 Å². The average molecular weight is 273 g/mol. The van der Waals surface area contributed by atoms with Gasteiger partial charge in [-0.05, 0) is 56.9 Å². The molecule has 1 aromatic rings. The summed E-state index contributed by atoms with van der Waals surface area (Å²) in [5, 5.41) is 3.88. The maximum absolute atomic E-state index is 5.63. The van der Waals surface area contributed by atoms with Gasteiger partial charge in [-0.15, -0.1) is 0 Å². The van der Waals surface area contributed by atoms with Gasteiger partial charge in [0, 0.05) is 18.7 Å². The van der Waals surface area contributed by atoms with Gasteiger partial charge in [0.15, 0.2) is 0 Å². The van der Waals surface area contributed by atoms with Gasteiger partial charge in [0.1, 0.15) is 0 Å². The van der Waals surface area contributed by atoms with Gasteiger partial charge in [-0.3, -0.25) is 0 Å². The maximum Gasteiger partial charge on any atom is 0.0561 e. The summed E-state index contributed by atoms with van der Waals surface area (Å²) in [5.41, 5.74) is 1.53. The van der Waals surface area contributed by atoms with Crippen molar-refractivity contribution in [2.24, 2.45) is 0 Å². The van der Waals surface area contributed by atoms with Crippen molar-refractivity contribution in [1.82, 2.24) is 5.32 Å². The van der Waals surface area contributed by atoms with Crippen LogP contribution in [0, 0.1) is 0 Å². The van der Waals surface area contributed by atoms with E-state index in [4.69, 9.17) is 4.74 Å². The van der Waals surface area contributed by atoms with E-state index in [1.807, 2.05) is 0 Å². The van der Waals surface area contributed by atoms with Crippen molar-refractivity contribution >= 4 is 0 Å². The molecule has 3 rings (SSSR count). The standard InChI is InChI=1S/C18H27NO/c1-14-13-18(11-12-20-14)19-17-9-7-16(8-10-17)15-5-3-2-4-6-15/h2-6,14,16-19H,7-13H2,1H3. The largest absolute Gasteiger partial charge is 0.378 e. The number of rotatable bonds is 3. The third-order valence-corrected chi connectivity index (χ3v) is 4.95. The molecule has 1 N–H and O–H groups in total. The SMILES string of the molecule is CC1CC(NC2CCC(c3ccccc3)CC2)CCO1. The van der Waals surface area contributed by atoms with Gasteiger partial charge in [0.2, 0.25) is 0 Å². The van der Waals surface area contributed by atoms with Crippen LogP contribution in [0.25, 0.3) is 0 Å². The Labute approximate surface area is 122 Å². The minimum atomic E-state index is 0.432. The number of hydrogen-bond acceptors (Lipinski definition) is 2. The predicted molar refractivity (Wildman–Crippen MR) is 83.0 cm³/mol. The zero-order chi connectivity index (χ0) is 13.8. The zero-order valence-electron chi connectivity index (χ0n) is 12.6. The molecule has 0 spiro atoms. The number of hydrogen-bond donors (Lipinski definition) is 1.